The van der Waals surface area contributed by atoms with E-state index in [1.54, 1.807) is 0 Å². The zero-order valence-electron chi connectivity index (χ0n) is 11.6. The van der Waals surface area contributed by atoms with E-state index in [9.17, 15) is 0 Å². The van der Waals surface area contributed by atoms with Gasteiger partial charge in [0.05, 0.1) is 0 Å². The number of rotatable bonds is 12. The maximum Gasteiger partial charge on any atom is 0.00388 e. The summed E-state index contributed by atoms with van der Waals surface area (Å²) in [6.07, 6.45) is 16.2. The molecular weight excluding hydrogens is 194 g/mol. The van der Waals surface area contributed by atoms with Crippen molar-refractivity contribution in [2.24, 2.45) is 5.73 Å². The van der Waals surface area contributed by atoms with Gasteiger partial charge in [0.2, 0.25) is 0 Å². The van der Waals surface area contributed by atoms with E-state index in [4.69, 9.17) is 5.73 Å². The molecule has 0 aromatic heterocycles. The predicted octanol–water partition coefficient (Wildman–Crippen LogP) is 5.03. The number of hydrogen-bond acceptors (Lipinski definition) is 1. The van der Waals surface area contributed by atoms with Crippen molar-refractivity contribution in [3.05, 3.63) is 0 Å². The normalized spacial score (nSPS) is 12.9. The van der Waals surface area contributed by atoms with E-state index in [0.29, 0.717) is 6.04 Å². The molecule has 98 valence electrons. The van der Waals surface area contributed by atoms with Gasteiger partial charge >= 0.3 is 0 Å². The topological polar surface area (TPSA) is 26.0 Å². The lowest BCUT2D eigenvalue weighted by Gasteiger charge is -2.10. The molecule has 0 radical (unpaired) electrons. The van der Waals surface area contributed by atoms with Crippen LogP contribution < -0.4 is 5.73 Å². The summed E-state index contributed by atoms with van der Waals surface area (Å²) in [6, 6.07) is 0.475. The summed E-state index contributed by atoms with van der Waals surface area (Å²) < 4.78 is 0. The molecule has 0 heterocycles. The first-order valence-corrected chi connectivity index (χ1v) is 7.56. The fraction of sp³-hybridized carbons (Fsp3) is 1.00. The van der Waals surface area contributed by atoms with Crippen molar-refractivity contribution in [1.29, 1.82) is 0 Å². The van der Waals surface area contributed by atoms with Crippen molar-refractivity contribution in [2.75, 3.05) is 0 Å². The van der Waals surface area contributed by atoms with E-state index in [0.717, 1.165) is 0 Å². The summed E-state index contributed by atoms with van der Waals surface area (Å²) in [5.41, 5.74) is 6.10. The highest BCUT2D eigenvalue weighted by atomic mass is 14.6. The molecule has 0 saturated carbocycles. The third-order valence-electron chi connectivity index (χ3n) is 3.36. The molecule has 0 saturated heterocycles. The summed E-state index contributed by atoms with van der Waals surface area (Å²) in [4.78, 5) is 0. The molecule has 0 aliphatic heterocycles. The third kappa shape index (κ3) is 12.0. The number of hydrogen-bond donors (Lipinski definition) is 1. The van der Waals surface area contributed by atoms with Crippen LogP contribution in [0.3, 0.4) is 0 Å². The average molecular weight is 227 g/mol. The van der Waals surface area contributed by atoms with E-state index in [2.05, 4.69) is 13.8 Å². The Kier molecular flexibility index (Phi) is 13.0. The van der Waals surface area contributed by atoms with E-state index in [1.807, 2.05) is 0 Å². The van der Waals surface area contributed by atoms with Gasteiger partial charge in [-0.3, -0.25) is 0 Å². The van der Waals surface area contributed by atoms with Crippen LogP contribution in [0.5, 0.6) is 0 Å². The summed E-state index contributed by atoms with van der Waals surface area (Å²) >= 11 is 0. The summed E-state index contributed by atoms with van der Waals surface area (Å²) in [5.74, 6) is 0. The molecule has 1 unspecified atom stereocenters. The summed E-state index contributed by atoms with van der Waals surface area (Å²) in [7, 11) is 0. The number of unbranched alkanes of at least 4 members (excludes halogenated alkanes) is 8. The lowest BCUT2D eigenvalue weighted by Crippen LogP contribution is -2.19. The molecule has 0 aromatic rings. The minimum absolute atomic E-state index is 0.475. The molecule has 0 aliphatic rings. The van der Waals surface area contributed by atoms with E-state index in [1.165, 1.54) is 77.0 Å². The standard InChI is InChI=1S/C15H33N/c1-3-5-7-9-10-12-14-15(16)13-11-8-6-4-2/h15H,3-14,16H2,1-2H3. The molecule has 0 fully saturated rings. The lowest BCUT2D eigenvalue weighted by atomic mass is 10.0. The van der Waals surface area contributed by atoms with Gasteiger partial charge in [-0.1, -0.05) is 78.1 Å². The fourth-order valence-electron chi connectivity index (χ4n) is 2.16. The molecule has 0 rings (SSSR count). The summed E-state index contributed by atoms with van der Waals surface area (Å²) in [6.45, 7) is 4.53. The van der Waals surface area contributed by atoms with Gasteiger partial charge in [0, 0.05) is 6.04 Å². The van der Waals surface area contributed by atoms with Crippen molar-refractivity contribution in [3.8, 4) is 0 Å². The van der Waals surface area contributed by atoms with Crippen molar-refractivity contribution in [2.45, 2.75) is 96.9 Å². The van der Waals surface area contributed by atoms with Gasteiger partial charge in [0.25, 0.3) is 0 Å². The lowest BCUT2D eigenvalue weighted by molar-refractivity contribution is 0.488. The predicted molar refractivity (Wildman–Crippen MR) is 74.7 cm³/mol. The second-order valence-corrected chi connectivity index (χ2v) is 5.17. The van der Waals surface area contributed by atoms with Crippen LogP contribution in [0, 0.1) is 0 Å². The Bertz CT molecular complexity index is 123. The van der Waals surface area contributed by atoms with E-state index >= 15 is 0 Å². The Balaban J connectivity index is 3.08. The molecule has 0 aliphatic carbocycles. The molecular formula is C15H33N. The van der Waals surface area contributed by atoms with Crippen LogP contribution in [0.1, 0.15) is 90.9 Å². The molecule has 0 amide bonds. The monoisotopic (exact) mass is 227 g/mol. The fourth-order valence-corrected chi connectivity index (χ4v) is 2.16. The maximum absolute atomic E-state index is 6.10. The van der Waals surface area contributed by atoms with Crippen molar-refractivity contribution < 1.29 is 0 Å². The highest BCUT2D eigenvalue weighted by Gasteiger charge is 2.01. The minimum Gasteiger partial charge on any atom is -0.328 e. The zero-order valence-corrected chi connectivity index (χ0v) is 11.6. The van der Waals surface area contributed by atoms with Gasteiger partial charge in [-0.05, 0) is 12.8 Å². The third-order valence-corrected chi connectivity index (χ3v) is 3.36. The molecule has 0 bridgehead atoms. The van der Waals surface area contributed by atoms with Crippen LogP contribution in [-0.4, -0.2) is 6.04 Å². The molecule has 1 nitrogen and oxygen atoms in total. The highest BCUT2D eigenvalue weighted by Crippen LogP contribution is 2.11. The maximum atomic E-state index is 6.10. The Morgan fingerprint density at radius 3 is 1.50 bits per heavy atom. The van der Waals surface area contributed by atoms with Crippen molar-refractivity contribution in [3.63, 3.8) is 0 Å². The highest BCUT2D eigenvalue weighted by molar-refractivity contribution is 4.61. The second kappa shape index (κ2) is 13.0. The Hall–Kier alpha value is -0.0400. The van der Waals surface area contributed by atoms with Crippen LogP contribution in [0.15, 0.2) is 0 Å². The first-order chi connectivity index (χ1) is 7.81. The Labute approximate surface area is 103 Å². The smallest absolute Gasteiger partial charge is 0.00388 e. The Morgan fingerprint density at radius 2 is 1.00 bits per heavy atom. The average Bonchev–Trinajstić information content (AvgIpc) is 2.29. The van der Waals surface area contributed by atoms with Crippen LogP contribution >= 0.6 is 0 Å². The van der Waals surface area contributed by atoms with Gasteiger partial charge in [0.15, 0.2) is 0 Å². The first kappa shape index (κ1) is 16.0. The molecule has 16 heavy (non-hydrogen) atoms. The van der Waals surface area contributed by atoms with Crippen LogP contribution in [0.25, 0.3) is 0 Å². The van der Waals surface area contributed by atoms with E-state index < -0.39 is 0 Å². The van der Waals surface area contributed by atoms with Crippen LogP contribution in [-0.2, 0) is 0 Å². The molecule has 0 spiro atoms. The first-order valence-electron chi connectivity index (χ1n) is 7.56. The molecule has 1 heteroatoms. The number of nitrogens with two attached hydrogens (primary N) is 1. The second-order valence-electron chi connectivity index (χ2n) is 5.17. The van der Waals surface area contributed by atoms with Crippen LogP contribution in [0.2, 0.25) is 0 Å². The van der Waals surface area contributed by atoms with E-state index in [-0.39, 0.29) is 0 Å². The van der Waals surface area contributed by atoms with Crippen LogP contribution in [0.4, 0.5) is 0 Å². The van der Waals surface area contributed by atoms with Gasteiger partial charge < -0.3 is 5.73 Å². The SMILES string of the molecule is CCCCCCCCC(N)CCCCCC. The largest absolute Gasteiger partial charge is 0.328 e. The van der Waals surface area contributed by atoms with Crippen molar-refractivity contribution >= 4 is 0 Å². The Morgan fingerprint density at radius 1 is 0.625 bits per heavy atom. The molecule has 0 aromatic carbocycles. The van der Waals surface area contributed by atoms with Gasteiger partial charge in [-0.15, -0.1) is 0 Å². The zero-order chi connectivity index (χ0) is 12.1. The molecule has 1 atom stereocenters. The molecule has 2 N–H and O–H groups in total. The van der Waals surface area contributed by atoms with Gasteiger partial charge in [0.1, 0.15) is 0 Å². The summed E-state index contributed by atoms with van der Waals surface area (Å²) in [5, 5.41) is 0. The van der Waals surface area contributed by atoms with Crippen molar-refractivity contribution in [1.82, 2.24) is 0 Å². The van der Waals surface area contributed by atoms with Gasteiger partial charge in [-0.2, -0.15) is 0 Å². The quantitative estimate of drug-likeness (QED) is 0.465. The minimum atomic E-state index is 0.475. The van der Waals surface area contributed by atoms with Gasteiger partial charge in [-0.25, -0.2) is 0 Å².